The van der Waals surface area contributed by atoms with Crippen molar-refractivity contribution in [3.8, 4) is 5.75 Å². The summed E-state index contributed by atoms with van der Waals surface area (Å²) in [5.41, 5.74) is 1.30. The molecule has 0 radical (unpaired) electrons. The van der Waals surface area contributed by atoms with E-state index in [1.165, 1.54) is 4.90 Å². The van der Waals surface area contributed by atoms with E-state index >= 15 is 0 Å². The van der Waals surface area contributed by atoms with E-state index in [-0.39, 0.29) is 18.4 Å². The molecule has 0 aliphatic rings. The molecular weight excluding hydrogens is 407 g/mol. The van der Waals surface area contributed by atoms with Gasteiger partial charge in [-0.3, -0.25) is 9.59 Å². The second-order valence-corrected chi connectivity index (χ2v) is 6.20. The molecule has 2 aromatic carbocycles. The Kier molecular flexibility index (Phi) is 5.97. The number of rotatable bonds is 5. The van der Waals surface area contributed by atoms with Crippen LogP contribution in [0.1, 0.15) is 10.4 Å². The molecule has 0 aliphatic heterocycles. The van der Waals surface area contributed by atoms with Gasteiger partial charge in [0, 0.05) is 23.4 Å². The minimum atomic E-state index is -0.161. The third-order valence-electron chi connectivity index (χ3n) is 3.09. The van der Waals surface area contributed by atoms with Crippen LogP contribution in [0, 0.1) is 3.57 Å². The number of nitrogens with zero attached hydrogens (tertiary/aromatic N) is 1. The molecule has 0 saturated carbocycles. The number of nitrogens with one attached hydrogen (secondary N) is 1. The van der Waals surface area contributed by atoms with Crippen LogP contribution in [0.15, 0.2) is 48.5 Å². The number of carbonyl (C=O) groups is 2. The van der Waals surface area contributed by atoms with E-state index in [4.69, 9.17) is 4.74 Å². The average molecular weight is 424 g/mol. The van der Waals surface area contributed by atoms with Gasteiger partial charge in [0.1, 0.15) is 5.75 Å². The fraction of sp³-hybridized carbons (Fsp3) is 0.176. The Bertz CT molecular complexity index is 699. The summed E-state index contributed by atoms with van der Waals surface area (Å²) in [5, 5.41) is 2.83. The van der Waals surface area contributed by atoms with E-state index in [1.807, 2.05) is 18.2 Å². The predicted octanol–water partition coefficient (Wildman–Crippen LogP) is 3.01. The maximum absolute atomic E-state index is 12.2. The van der Waals surface area contributed by atoms with Crippen molar-refractivity contribution >= 4 is 40.1 Å². The van der Waals surface area contributed by atoms with Gasteiger partial charge in [0.15, 0.2) is 6.61 Å². The molecule has 5 nitrogen and oxygen atoms in total. The quantitative estimate of drug-likeness (QED) is 0.751. The highest BCUT2D eigenvalue weighted by atomic mass is 127. The lowest BCUT2D eigenvalue weighted by atomic mass is 10.2. The Morgan fingerprint density at radius 1 is 1.09 bits per heavy atom. The Balaban J connectivity index is 1.96. The molecule has 2 aromatic rings. The van der Waals surface area contributed by atoms with E-state index in [9.17, 15) is 9.59 Å². The van der Waals surface area contributed by atoms with Gasteiger partial charge in [-0.2, -0.15) is 0 Å². The summed E-state index contributed by atoms with van der Waals surface area (Å²) in [6.07, 6.45) is 0. The Labute approximate surface area is 148 Å². The molecule has 0 spiro atoms. The molecule has 120 valence electrons. The number of carbonyl (C=O) groups excluding carboxylic acids is 2. The lowest BCUT2D eigenvalue weighted by molar-refractivity contribution is -0.130. The normalized spacial score (nSPS) is 10.0. The second kappa shape index (κ2) is 7.96. The topological polar surface area (TPSA) is 58.6 Å². The Hall–Kier alpha value is -2.09. The Morgan fingerprint density at radius 3 is 2.35 bits per heavy atom. The van der Waals surface area contributed by atoms with Gasteiger partial charge in [-0.05, 0) is 59.0 Å². The van der Waals surface area contributed by atoms with Crippen LogP contribution in [0.2, 0.25) is 0 Å². The Morgan fingerprint density at radius 2 is 1.74 bits per heavy atom. The average Bonchev–Trinajstić information content (AvgIpc) is 2.54. The van der Waals surface area contributed by atoms with Gasteiger partial charge < -0.3 is 15.0 Å². The molecule has 0 bridgehead atoms. The van der Waals surface area contributed by atoms with E-state index < -0.39 is 0 Å². The minimum Gasteiger partial charge on any atom is -0.484 e. The maximum atomic E-state index is 12.2. The molecular formula is C17H17IN2O3. The van der Waals surface area contributed by atoms with Crippen LogP contribution in [-0.2, 0) is 4.79 Å². The van der Waals surface area contributed by atoms with Crippen LogP contribution in [0.3, 0.4) is 0 Å². The largest absolute Gasteiger partial charge is 0.484 e. The van der Waals surface area contributed by atoms with Crippen LogP contribution in [0.25, 0.3) is 0 Å². The zero-order valence-corrected chi connectivity index (χ0v) is 15.0. The summed E-state index contributed by atoms with van der Waals surface area (Å²) in [7, 11) is 3.35. The summed E-state index contributed by atoms with van der Waals surface area (Å²) < 4.78 is 6.28. The molecule has 23 heavy (non-hydrogen) atoms. The molecule has 0 heterocycles. The number of likely N-dealkylation sites (N-methyl/N-ethyl adjacent to an activating group) is 1. The van der Waals surface area contributed by atoms with Crippen molar-refractivity contribution in [2.45, 2.75) is 0 Å². The minimum absolute atomic E-state index is 0.0130. The van der Waals surface area contributed by atoms with Gasteiger partial charge >= 0.3 is 0 Å². The number of amides is 2. The van der Waals surface area contributed by atoms with Crippen LogP contribution < -0.4 is 10.1 Å². The van der Waals surface area contributed by atoms with E-state index in [0.717, 1.165) is 3.57 Å². The van der Waals surface area contributed by atoms with Crippen LogP contribution in [0.5, 0.6) is 5.75 Å². The van der Waals surface area contributed by atoms with Gasteiger partial charge in [-0.25, -0.2) is 0 Å². The van der Waals surface area contributed by atoms with Crippen molar-refractivity contribution in [1.29, 1.82) is 0 Å². The number of halogens is 1. The first kappa shape index (κ1) is 17.3. The first-order chi connectivity index (χ1) is 11.0. The van der Waals surface area contributed by atoms with Crippen molar-refractivity contribution in [1.82, 2.24) is 4.90 Å². The highest BCUT2D eigenvalue weighted by molar-refractivity contribution is 14.1. The molecule has 0 fully saturated rings. The first-order valence-corrected chi connectivity index (χ1v) is 8.04. The standard InChI is InChI=1S/C17H17IN2O3/c1-20(2)16(21)11-23-13-9-7-12(8-10-13)19-17(22)14-5-3-4-6-15(14)18/h3-10H,11H2,1-2H3,(H,19,22). The summed E-state index contributed by atoms with van der Waals surface area (Å²) in [5.74, 6) is 0.306. The number of hydrogen-bond acceptors (Lipinski definition) is 3. The van der Waals surface area contributed by atoms with Gasteiger partial charge in [-0.15, -0.1) is 0 Å². The maximum Gasteiger partial charge on any atom is 0.259 e. The van der Waals surface area contributed by atoms with Gasteiger partial charge in [-0.1, -0.05) is 12.1 Å². The zero-order chi connectivity index (χ0) is 16.8. The monoisotopic (exact) mass is 424 g/mol. The van der Waals surface area contributed by atoms with E-state index in [0.29, 0.717) is 17.0 Å². The summed E-state index contributed by atoms with van der Waals surface area (Å²) >= 11 is 2.13. The van der Waals surface area contributed by atoms with Crippen molar-refractivity contribution in [2.75, 3.05) is 26.0 Å². The number of ether oxygens (including phenoxy) is 1. The molecule has 0 saturated heterocycles. The van der Waals surface area contributed by atoms with Gasteiger partial charge in [0.05, 0.1) is 5.56 Å². The fourth-order valence-corrected chi connectivity index (χ4v) is 2.38. The van der Waals surface area contributed by atoms with Gasteiger partial charge in [0.2, 0.25) is 0 Å². The third-order valence-corrected chi connectivity index (χ3v) is 4.03. The lowest BCUT2D eigenvalue weighted by Gasteiger charge is -2.12. The van der Waals surface area contributed by atoms with Crippen molar-refractivity contribution in [2.24, 2.45) is 0 Å². The number of hydrogen-bond donors (Lipinski definition) is 1. The smallest absolute Gasteiger partial charge is 0.259 e. The van der Waals surface area contributed by atoms with E-state index in [2.05, 4.69) is 27.9 Å². The molecule has 2 rings (SSSR count). The highest BCUT2D eigenvalue weighted by Crippen LogP contribution is 2.18. The summed E-state index contributed by atoms with van der Waals surface area (Å²) in [6, 6.07) is 14.3. The molecule has 6 heteroatoms. The van der Waals surface area contributed by atoms with Gasteiger partial charge in [0.25, 0.3) is 11.8 Å². The predicted molar refractivity (Wildman–Crippen MR) is 97.7 cm³/mol. The van der Waals surface area contributed by atoms with Crippen molar-refractivity contribution < 1.29 is 14.3 Å². The molecule has 0 aliphatic carbocycles. The third kappa shape index (κ3) is 4.95. The highest BCUT2D eigenvalue weighted by Gasteiger charge is 2.09. The number of anilines is 1. The van der Waals surface area contributed by atoms with Crippen molar-refractivity contribution in [3.63, 3.8) is 0 Å². The SMILES string of the molecule is CN(C)C(=O)COc1ccc(NC(=O)c2ccccc2I)cc1. The van der Waals surface area contributed by atoms with Crippen LogP contribution in [0.4, 0.5) is 5.69 Å². The van der Waals surface area contributed by atoms with Crippen LogP contribution >= 0.6 is 22.6 Å². The molecule has 0 atom stereocenters. The molecule has 1 N–H and O–H groups in total. The molecule has 0 unspecified atom stereocenters. The van der Waals surface area contributed by atoms with Crippen LogP contribution in [-0.4, -0.2) is 37.4 Å². The zero-order valence-electron chi connectivity index (χ0n) is 12.9. The van der Waals surface area contributed by atoms with Crippen molar-refractivity contribution in [3.05, 3.63) is 57.7 Å². The fourth-order valence-electron chi connectivity index (χ4n) is 1.75. The number of benzene rings is 2. The van der Waals surface area contributed by atoms with E-state index in [1.54, 1.807) is 44.4 Å². The first-order valence-electron chi connectivity index (χ1n) is 6.96. The molecule has 0 aromatic heterocycles. The summed E-state index contributed by atoms with van der Waals surface area (Å²) in [6.45, 7) is -0.0130. The molecule has 2 amide bonds. The lowest BCUT2D eigenvalue weighted by Crippen LogP contribution is -2.27. The summed E-state index contributed by atoms with van der Waals surface area (Å²) in [4.78, 5) is 25.1. The second-order valence-electron chi connectivity index (χ2n) is 5.04.